The van der Waals surface area contributed by atoms with Crippen LogP contribution in [0.4, 0.5) is 0 Å². The molecule has 6 heteroatoms. The highest BCUT2D eigenvalue weighted by Gasteiger charge is 2.19. The predicted octanol–water partition coefficient (Wildman–Crippen LogP) is 22.4. The van der Waals surface area contributed by atoms with Gasteiger partial charge in [0.25, 0.3) is 0 Å². The van der Waals surface area contributed by atoms with Crippen molar-refractivity contribution in [2.45, 2.75) is 367 Å². The fourth-order valence-corrected chi connectivity index (χ4v) is 9.88. The van der Waals surface area contributed by atoms with Gasteiger partial charge in [0.05, 0.1) is 0 Å². The van der Waals surface area contributed by atoms with Crippen LogP contribution >= 0.6 is 0 Å². The number of rotatable bonds is 61. The summed E-state index contributed by atoms with van der Waals surface area (Å²) in [6.07, 6.45) is 77.5. The van der Waals surface area contributed by atoms with Gasteiger partial charge in [0.15, 0.2) is 6.10 Å². The maximum atomic E-state index is 12.9. The van der Waals surface area contributed by atoms with E-state index in [-0.39, 0.29) is 31.1 Å². The average Bonchev–Trinajstić information content (AvgIpc) is 3.40. The minimum absolute atomic E-state index is 0.0686. The van der Waals surface area contributed by atoms with Crippen LogP contribution in [-0.4, -0.2) is 37.2 Å². The number of carbonyl (C=O) groups excluding carboxylic acids is 3. The van der Waals surface area contributed by atoms with Crippen LogP contribution in [0.3, 0.4) is 0 Å². The summed E-state index contributed by atoms with van der Waals surface area (Å²) >= 11 is 0. The van der Waals surface area contributed by atoms with Crippen molar-refractivity contribution < 1.29 is 28.6 Å². The molecule has 0 heterocycles. The zero-order valence-electron chi connectivity index (χ0n) is 49.9. The minimum Gasteiger partial charge on any atom is -0.462 e. The lowest BCUT2D eigenvalue weighted by Crippen LogP contribution is -2.30. The molecule has 0 amide bonds. The normalized spacial score (nSPS) is 12.2. The molecule has 0 spiro atoms. The van der Waals surface area contributed by atoms with E-state index in [1.807, 2.05) is 0 Å². The fourth-order valence-electron chi connectivity index (χ4n) is 9.88. The second kappa shape index (κ2) is 63.2. The van der Waals surface area contributed by atoms with Crippen molar-refractivity contribution in [1.82, 2.24) is 0 Å². The van der Waals surface area contributed by atoms with Gasteiger partial charge in [0.1, 0.15) is 13.2 Å². The van der Waals surface area contributed by atoms with Crippen LogP contribution < -0.4 is 0 Å². The largest absolute Gasteiger partial charge is 0.462 e. The molecule has 0 aromatic carbocycles. The zero-order chi connectivity index (χ0) is 53.6. The SMILES string of the molecule is CCCCCCC/C=C\C/C=C\CCCCCCCCCCCCCCCCCC(=O)OCC(COC(=O)CCCCCCCCCC)OC(=O)CCCCCCCCCCC/C=C\CCCCCCCCCC. The van der Waals surface area contributed by atoms with E-state index in [0.29, 0.717) is 19.3 Å². The van der Waals surface area contributed by atoms with Gasteiger partial charge in [-0.3, -0.25) is 14.4 Å². The molecule has 0 aromatic rings. The van der Waals surface area contributed by atoms with Crippen LogP contribution in [0.5, 0.6) is 0 Å². The molecule has 0 aliphatic carbocycles. The van der Waals surface area contributed by atoms with Crippen molar-refractivity contribution in [3.8, 4) is 0 Å². The third-order valence-corrected chi connectivity index (χ3v) is 14.9. The predicted molar refractivity (Wildman–Crippen MR) is 321 cm³/mol. The Morgan fingerprint density at radius 1 is 0.270 bits per heavy atom. The molecule has 0 saturated heterocycles. The van der Waals surface area contributed by atoms with E-state index in [1.54, 1.807) is 0 Å². The number of ether oxygens (including phenoxy) is 3. The van der Waals surface area contributed by atoms with Crippen LogP contribution in [-0.2, 0) is 28.6 Å². The Labute approximate surface area is 461 Å². The number of carbonyl (C=O) groups is 3. The minimum atomic E-state index is -0.769. The lowest BCUT2D eigenvalue weighted by atomic mass is 10.0. The standard InChI is InChI=1S/C68H126O6/c1-4-7-10-13-16-19-21-23-25-27-29-31-32-33-34-35-36-38-39-41-43-45-47-49-52-55-58-61-67(70)73-64-65(63-72-66(69)60-57-54-51-18-15-12-9-6-3)74-68(71)62-59-56-53-50-48-46-44-42-40-37-30-28-26-24-22-20-17-14-11-8-5-2/h21,23,27-30,65H,4-20,22,24-26,31-64H2,1-3H3/b23-21-,29-27-,30-28-. The third kappa shape index (κ3) is 60.5. The van der Waals surface area contributed by atoms with Crippen molar-refractivity contribution >= 4 is 17.9 Å². The highest BCUT2D eigenvalue weighted by Crippen LogP contribution is 2.17. The van der Waals surface area contributed by atoms with Crippen molar-refractivity contribution in [2.24, 2.45) is 0 Å². The molecule has 74 heavy (non-hydrogen) atoms. The van der Waals surface area contributed by atoms with Gasteiger partial charge >= 0.3 is 17.9 Å². The summed E-state index contributed by atoms with van der Waals surface area (Å²) in [4.78, 5) is 38.2. The van der Waals surface area contributed by atoms with E-state index in [2.05, 4.69) is 57.2 Å². The van der Waals surface area contributed by atoms with E-state index in [0.717, 1.165) is 64.2 Å². The summed E-state index contributed by atoms with van der Waals surface area (Å²) in [7, 11) is 0. The molecule has 0 bridgehead atoms. The highest BCUT2D eigenvalue weighted by atomic mass is 16.6. The molecule has 0 aromatic heterocycles. The van der Waals surface area contributed by atoms with Crippen LogP contribution in [0, 0.1) is 0 Å². The van der Waals surface area contributed by atoms with Crippen molar-refractivity contribution in [1.29, 1.82) is 0 Å². The molecule has 0 aliphatic heterocycles. The van der Waals surface area contributed by atoms with Gasteiger partial charge in [-0.25, -0.2) is 0 Å². The summed E-state index contributed by atoms with van der Waals surface area (Å²) in [5.74, 6) is -0.853. The zero-order valence-corrected chi connectivity index (χ0v) is 49.9. The molecule has 6 nitrogen and oxygen atoms in total. The van der Waals surface area contributed by atoms with Crippen LogP contribution in [0.2, 0.25) is 0 Å². The van der Waals surface area contributed by atoms with Gasteiger partial charge < -0.3 is 14.2 Å². The first-order valence-electron chi connectivity index (χ1n) is 33.0. The Kier molecular flexibility index (Phi) is 61.1. The van der Waals surface area contributed by atoms with Crippen LogP contribution in [0.15, 0.2) is 36.5 Å². The molecule has 0 rings (SSSR count). The number of hydrogen-bond acceptors (Lipinski definition) is 6. The van der Waals surface area contributed by atoms with Gasteiger partial charge in [0.2, 0.25) is 0 Å². The first kappa shape index (κ1) is 71.6. The maximum Gasteiger partial charge on any atom is 0.306 e. The van der Waals surface area contributed by atoms with Gasteiger partial charge in [-0.15, -0.1) is 0 Å². The molecule has 0 saturated carbocycles. The number of hydrogen-bond donors (Lipinski definition) is 0. The average molecular weight is 1040 g/mol. The van der Waals surface area contributed by atoms with Crippen LogP contribution in [0.25, 0.3) is 0 Å². The Hall–Kier alpha value is -2.37. The number of esters is 3. The summed E-state index contributed by atoms with van der Waals surface area (Å²) in [5.41, 5.74) is 0. The van der Waals surface area contributed by atoms with Crippen LogP contribution in [0.1, 0.15) is 361 Å². The summed E-state index contributed by atoms with van der Waals surface area (Å²) < 4.78 is 16.9. The van der Waals surface area contributed by atoms with Gasteiger partial charge in [-0.2, -0.15) is 0 Å². The monoisotopic (exact) mass is 1040 g/mol. The van der Waals surface area contributed by atoms with Crippen molar-refractivity contribution in [2.75, 3.05) is 13.2 Å². The lowest BCUT2D eigenvalue weighted by Gasteiger charge is -2.18. The first-order valence-corrected chi connectivity index (χ1v) is 33.0. The third-order valence-electron chi connectivity index (χ3n) is 14.9. The highest BCUT2D eigenvalue weighted by molar-refractivity contribution is 5.71. The quantitative estimate of drug-likeness (QED) is 0.0261. The summed E-state index contributed by atoms with van der Waals surface area (Å²) in [5, 5.41) is 0. The van der Waals surface area contributed by atoms with E-state index >= 15 is 0 Å². The van der Waals surface area contributed by atoms with Gasteiger partial charge in [-0.05, 0) is 77.0 Å². The number of allylic oxidation sites excluding steroid dienone is 6. The molecule has 0 N–H and O–H groups in total. The van der Waals surface area contributed by atoms with Crippen molar-refractivity contribution in [3.05, 3.63) is 36.5 Å². The molecular weight excluding hydrogens is 913 g/mol. The van der Waals surface area contributed by atoms with E-state index in [1.165, 1.54) is 257 Å². The van der Waals surface area contributed by atoms with Gasteiger partial charge in [0, 0.05) is 19.3 Å². The Balaban J connectivity index is 4.11. The van der Waals surface area contributed by atoms with E-state index < -0.39 is 6.10 Å². The molecule has 1 atom stereocenters. The Morgan fingerprint density at radius 2 is 0.486 bits per heavy atom. The summed E-state index contributed by atoms with van der Waals surface area (Å²) in [6.45, 7) is 6.65. The molecule has 0 fully saturated rings. The Morgan fingerprint density at radius 3 is 0.757 bits per heavy atom. The smallest absolute Gasteiger partial charge is 0.306 e. The van der Waals surface area contributed by atoms with E-state index in [4.69, 9.17) is 14.2 Å². The first-order chi connectivity index (χ1) is 36.5. The summed E-state index contributed by atoms with van der Waals surface area (Å²) in [6, 6.07) is 0. The second-order valence-corrected chi connectivity index (χ2v) is 22.4. The van der Waals surface area contributed by atoms with Gasteiger partial charge in [-0.1, -0.05) is 301 Å². The topological polar surface area (TPSA) is 78.9 Å². The molecule has 1 unspecified atom stereocenters. The molecule has 0 radical (unpaired) electrons. The molecule has 0 aliphatic rings. The lowest BCUT2D eigenvalue weighted by molar-refractivity contribution is -0.167. The fraction of sp³-hybridized carbons (Fsp3) is 0.868. The van der Waals surface area contributed by atoms with E-state index in [9.17, 15) is 14.4 Å². The maximum absolute atomic E-state index is 12.9. The number of unbranched alkanes of at least 4 members (excludes halogenated alkanes) is 44. The van der Waals surface area contributed by atoms with Crippen molar-refractivity contribution in [3.63, 3.8) is 0 Å². The molecule has 434 valence electrons. The Bertz CT molecular complexity index is 1240. The second-order valence-electron chi connectivity index (χ2n) is 22.4. The molecular formula is C68H126O6.